The summed E-state index contributed by atoms with van der Waals surface area (Å²) in [4.78, 5) is 6.94. The first kappa shape index (κ1) is 20.0. The van der Waals surface area contributed by atoms with Crippen LogP contribution in [0.5, 0.6) is 11.6 Å². The number of fused-ring (bicyclic) bond motifs is 1. The lowest BCUT2D eigenvalue weighted by Gasteiger charge is -2.36. The highest BCUT2D eigenvalue weighted by Gasteiger charge is 2.31. The van der Waals surface area contributed by atoms with Gasteiger partial charge in [-0.15, -0.1) is 0 Å². The number of ether oxygens (including phenoxy) is 1. The molecule has 31 heavy (non-hydrogen) atoms. The van der Waals surface area contributed by atoms with E-state index in [0.29, 0.717) is 16.9 Å². The number of hydrogen-bond acceptors (Lipinski definition) is 4. The quantitative estimate of drug-likeness (QED) is 0.371. The fourth-order valence-corrected chi connectivity index (χ4v) is 4.52. The van der Waals surface area contributed by atoms with Crippen LogP contribution in [-0.4, -0.2) is 40.3 Å². The van der Waals surface area contributed by atoms with Crippen molar-refractivity contribution in [2.45, 2.75) is 18.9 Å². The van der Waals surface area contributed by atoms with E-state index in [-0.39, 0.29) is 0 Å². The van der Waals surface area contributed by atoms with Crippen molar-refractivity contribution in [3.8, 4) is 22.9 Å². The van der Waals surface area contributed by atoms with Crippen molar-refractivity contribution in [2.75, 3.05) is 20.6 Å². The molecule has 2 heterocycles. The Kier molecular flexibility index (Phi) is 5.38. The predicted molar refractivity (Wildman–Crippen MR) is 125 cm³/mol. The fraction of sp³-hybridized carbons (Fsp3) is 0.280. The van der Waals surface area contributed by atoms with E-state index in [1.165, 1.54) is 12.8 Å². The van der Waals surface area contributed by atoms with Crippen LogP contribution < -0.4 is 4.74 Å². The summed E-state index contributed by atoms with van der Waals surface area (Å²) in [7, 11) is 4.26. The van der Waals surface area contributed by atoms with Gasteiger partial charge in [0.25, 0.3) is 0 Å². The minimum atomic E-state index is 0.474. The Bertz CT molecular complexity index is 1200. The van der Waals surface area contributed by atoms with Gasteiger partial charge in [0.05, 0.1) is 22.3 Å². The lowest BCUT2D eigenvalue weighted by molar-refractivity contribution is 0.146. The molecule has 1 fully saturated rings. The summed E-state index contributed by atoms with van der Waals surface area (Å²) in [5.41, 5.74) is 2.60. The minimum Gasteiger partial charge on any atom is -0.439 e. The molecule has 4 aromatic rings. The maximum absolute atomic E-state index is 6.61. The van der Waals surface area contributed by atoms with E-state index in [1.54, 1.807) is 0 Å². The largest absolute Gasteiger partial charge is 0.439 e. The normalized spacial score (nSPS) is 18.3. The van der Waals surface area contributed by atoms with E-state index < -0.39 is 0 Å². The van der Waals surface area contributed by atoms with Crippen molar-refractivity contribution in [3.63, 3.8) is 0 Å². The van der Waals surface area contributed by atoms with Crippen molar-refractivity contribution in [1.82, 2.24) is 19.7 Å². The van der Waals surface area contributed by atoms with Crippen LogP contribution in [0.3, 0.4) is 0 Å². The average molecular weight is 433 g/mol. The van der Waals surface area contributed by atoms with Gasteiger partial charge in [0.15, 0.2) is 0 Å². The zero-order chi connectivity index (χ0) is 21.4. The number of benzene rings is 2. The van der Waals surface area contributed by atoms with Gasteiger partial charge in [0.1, 0.15) is 5.75 Å². The van der Waals surface area contributed by atoms with Crippen molar-refractivity contribution < 1.29 is 4.74 Å². The number of aromatic nitrogens is 3. The average Bonchev–Trinajstić information content (AvgIpc) is 3.20. The first-order valence-corrected chi connectivity index (χ1v) is 11.0. The number of hydrogen-bond donors (Lipinski definition) is 0. The molecule has 0 atom stereocenters. The third-order valence-corrected chi connectivity index (χ3v) is 6.12. The highest BCUT2D eigenvalue weighted by Crippen LogP contribution is 2.39. The maximum atomic E-state index is 6.61. The Balaban J connectivity index is 1.38. The molecule has 0 spiro atoms. The van der Waals surface area contributed by atoms with Gasteiger partial charge in [-0.2, -0.15) is 5.10 Å². The summed E-state index contributed by atoms with van der Waals surface area (Å²) >= 11 is 6.61. The van der Waals surface area contributed by atoms with Crippen LogP contribution in [0.1, 0.15) is 18.9 Å². The molecule has 0 N–H and O–H groups in total. The standard InChI is InChI=1S/C25H25ClN4O/c1-29(2)16-17-12-19(13-17)30-11-10-23(28-30)21-15-24-18(14-22(21)26)8-9-25(27-24)31-20-6-4-3-5-7-20/h3-11,14-15,17,19H,12-13,16H2,1-2H3. The van der Waals surface area contributed by atoms with Crippen LogP contribution in [-0.2, 0) is 0 Å². The number of rotatable bonds is 6. The van der Waals surface area contributed by atoms with E-state index in [2.05, 4.69) is 34.9 Å². The Morgan fingerprint density at radius 1 is 1.06 bits per heavy atom. The topological polar surface area (TPSA) is 43.2 Å². The molecule has 0 amide bonds. The van der Waals surface area contributed by atoms with Crippen LogP contribution in [0.4, 0.5) is 0 Å². The highest BCUT2D eigenvalue weighted by molar-refractivity contribution is 6.34. The molecule has 5 rings (SSSR count). The third-order valence-electron chi connectivity index (χ3n) is 5.81. The summed E-state index contributed by atoms with van der Waals surface area (Å²) < 4.78 is 7.98. The smallest absolute Gasteiger partial charge is 0.219 e. The van der Waals surface area contributed by atoms with Gasteiger partial charge in [-0.1, -0.05) is 29.8 Å². The molecule has 0 saturated heterocycles. The van der Waals surface area contributed by atoms with Gasteiger partial charge in [-0.25, -0.2) is 4.98 Å². The van der Waals surface area contributed by atoms with Gasteiger partial charge in [0, 0.05) is 29.8 Å². The van der Waals surface area contributed by atoms with Crippen molar-refractivity contribution in [2.24, 2.45) is 5.92 Å². The van der Waals surface area contributed by atoms with Crippen LogP contribution in [0, 0.1) is 5.92 Å². The van der Waals surface area contributed by atoms with Crippen molar-refractivity contribution in [1.29, 1.82) is 0 Å². The molecule has 0 radical (unpaired) electrons. The monoisotopic (exact) mass is 432 g/mol. The zero-order valence-corrected chi connectivity index (χ0v) is 18.5. The van der Waals surface area contributed by atoms with Crippen LogP contribution >= 0.6 is 11.6 Å². The van der Waals surface area contributed by atoms with Crippen molar-refractivity contribution in [3.05, 3.63) is 71.9 Å². The minimum absolute atomic E-state index is 0.474. The zero-order valence-electron chi connectivity index (χ0n) is 17.7. The summed E-state index contributed by atoms with van der Waals surface area (Å²) in [6.45, 7) is 1.14. The van der Waals surface area contributed by atoms with E-state index in [1.807, 2.05) is 60.7 Å². The lowest BCUT2D eigenvalue weighted by Crippen LogP contribution is -2.34. The molecule has 0 aliphatic heterocycles. The first-order valence-electron chi connectivity index (χ1n) is 10.6. The maximum Gasteiger partial charge on any atom is 0.219 e. The number of halogens is 1. The SMILES string of the molecule is CN(C)CC1CC(n2ccc(-c3cc4nc(Oc5ccccc5)ccc4cc3Cl)n2)C1. The molecule has 0 bridgehead atoms. The summed E-state index contributed by atoms with van der Waals surface area (Å²) in [5.74, 6) is 2.07. The molecule has 6 heteroatoms. The Labute approximate surface area is 187 Å². The molecule has 0 unspecified atom stereocenters. The van der Waals surface area contributed by atoms with Gasteiger partial charge >= 0.3 is 0 Å². The molecule has 2 aromatic carbocycles. The second-order valence-electron chi connectivity index (χ2n) is 8.52. The van der Waals surface area contributed by atoms with Gasteiger partial charge < -0.3 is 9.64 Å². The number of pyridine rings is 1. The predicted octanol–water partition coefficient (Wildman–Crippen LogP) is 6.06. The van der Waals surface area contributed by atoms with Crippen LogP contribution in [0.15, 0.2) is 66.9 Å². The highest BCUT2D eigenvalue weighted by atomic mass is 35.5. The van der Waals surface area contributed by atoms with Gasteiger partial charge in [0.2, 0.25) is 5.88 Å². The third kappa shape index (κ3) is 4.29. The van der Waals surface area contributed by atoms with E-state index in [4.69, 9.17) is 21.4 Å². The summed E-state index contributed by atoms with van der Waals surface area (Å²) in [5, 5.41) is 6.48. The lowest BCUT2D eigenvalue weighted by atomic mass is 9.80. The Hall–Kier alpha value is -2.89. The fourth-order valence-electron chi connectivity index (χ4n) is 4.25. The van der Waals surface area contributed by atoms with Gasteiger partial charge in [-0.05, 0) is 69.3 Å². The van der Waals surface area contributed by atoms with Crippen molar-refractivity contribution >= 4 is 22.5 Å². The van der Waals surface area contributed by atoms with E-state index in [0.717, 1.165) is 40.4 Å². The second kappa shape index (κ2) is 8.33. The number of para-hydroxylation sites is 1. The molecule has 1 aliphatic rings. The van der Waals surface area contributed by atoms with Crippen LogP contribution in [0.2, 0.25) is 5.02 Å². The van der Waals surface area contributed by atoms with Gasteiger partial charge in [-0.3, -0.25) is 4.68 Å². The molecule has 1 aliphatic carbocycles. The molecule has 1 saturated carbocycles. The summed E-state index contributed by atoms with van der Waals surface area (Å²) in [6.07, 6.45) is 4.41. The Morgan fingerprint density at radius 2 is 1.87 bits per heavy atom. The molecule has 158 valence electrons. The Morgan fingerprint density at radius 3 is 2.65 bits per heavy atom. The van der Waals surface area contributed by atoms with Crippen LogP contribution in [0.25, 0.3) is 22.2 Å². The second-order valence-corrected chi connectivity index (χ2v) is 8.93. The summed E-state index contributed by atoms with van der Waals surface area (Å²) in [6, 6.07) is 20.0. The first-order chi connectivity index (χ1) is 15.0. The van der Waals surface area contributed by atoms with E-state index in [9.17, 15) is 0 Å². The molecular weight excluding hydrogens is 408 g/mol. The molecule has 5 nitrogen and oxygen atoms in total. The molecule has 2 aromatic heterocycles. The number of nitrogens with zero attached hydrogens (tertiary/aromatic N) is 4. The molecular formula is C25H25ClN4O. The van der Waals surface area contributed by atoms with E-state index >= 15 is 0 Å².